The van der Waals surface area contributed by atoms with Gasteiger partial charge in [-0.1, -0.05) is 13.8 Å². The number of rotatable bonds is 2. The van der Waals surface area contributed by atoms with Crippen LogP contribution < -0.4 is 5.32 Å². The molecular weight excluding hydrogens is 126 g/mol. The average Bonchev–Trinajstić information content (AvgIpc) is 2.42. The fourth-order valence-corrected chi connectivity index (χ4v) is 1.59. The summed E-state index contributed by atoms with van der Waals surface area (Å²) in [5, 5.41) is 2.99. The average molecular weight is 141 g/mol. The van der Waals surface area contributed by atoms with E-state index in [0.717, 1.165) is 12.8 Å². The SMILES string of the molecule is CCC1(NC(C)=O)CC1C. The van der Waals surface area contributed by atoms with Gasteiger partial charge in [-0.25, -0.2) is 0 Å². The van der Waals surface area contributed by atoms with Crippen molar-refractivity contribution in [3.05, 3.63) is 0 Å². The van der Waals surface area contributed by atoms with Crippen LogP contribution in [0.5, 0.6) is 0 Å². The van der Waals surface area contributed by atoms with Gasteiger partial charge in [0, 0.05) is 12.5 Å². The molecule has 2 atom stereocenters. The predicted molar refractivity (Wildman–Crippen MR) is 40.6 cm³/mol. The molecule has 0 spiro atoms. The molecule has 58 valence electrons. The van der Waals surface area contributed by atoms with E-state index in [4.69, 9.17) is 0 Å². The van der Waals surface area contributed by atoms with E-state index in [2.05, 4.69) is 19.2 Å². The summed E-state index contributed by atoms with van der Waals surface area (Å²) in [7, 11) is 0. The van der Waals surface area contributed by atoms with Crippen LogP contribution in [0.2, 0.25) is 0 Å². The molecule has 1 N–H and O–H groups in total. The van der Waals surface area contributed by atoms with Gasteiger partial charge in [-0.2, -0.15) is 0 Å². The topological polar surface area (TPSA) is 29.1 Å². The fourth-order valence-electron chi connectivity index (χ4n) is 1.59. The molecule has 2 heteroatoms. The largest absolute Gasteiger partial charge is 0.351 e. The number of nitrogens with one attached hydrogen (secondary N) is 1. The Morgan fingerprint density at radius 3 is 2.40 bits per heavy atom. The maximum atomic E-state index is 10.7. The van der Waals surface area contributed by atoms with Crippen molar-refractivity contribution < 1.29 is 4.79 Å². The summed E-state index contributed by atoms with van der Waals surface area (Å²) in [6.07, 6.45) is 2.22. The second-order valence-electron chi connectivity index (χ2n) is 3.30. The minimum atomic E-state index is 0.103. The van der Waals surface area contributed by atoms with E-state index in [1.54, 1.807) is 6.92 Å². The number of amides is 1. The van der Waals surface area contributed by atoms with Crippen LogP contribution >= 0.6 is 0 Å². The highest BCUT2D eigenvalue weighted by molar-refractivity contribution is 5.74. The third kappa shape index (κ3) is 1.15. The van der Waals surface area contributed by atoms with Gasteiger partial charge in [0.25, 0.3) is 0 Å². The molecule has 1 aliphatic carbocycles. The molecule has 1 aliphatic rings. The maximum Gasteiger partial charge on any atom is 0.217 e. The Morgan fingerprint density at radius 2 is 2.30 bits per heavy atom. The van der Waals surface area contributed by atoms with Crippen LogP contribution in [-0.2, 0) is 4.79 Å². The van der Waals surface area contributed by atoms with Gasteiger partial charge in [0.05, 0.1) is 0 Å². The van der Waals surface area contributed by atoms with Crippen LogP contribution in [0.25, 0.3) is 0 Å². The van der Waals surface area contributed by atoms with Crippen LogP contribution in [0.1, 0.15) is 33.6 Å². The first kappa shape index (κ1) is 7.58. The first-order valence-electron chi connectivity index (χ1n) is 3.89. The summed E-state index contributed by atoms with van der Waals surface area (Å²) in [5.41, 5.74) is 0.172. The maximum absolute atomic E-state index is 10.7. The molecule has 2 unspecified atom stereocenters. The highest BCUT2D eigenvalue weighted by Gasteiger charge is 2.49. The molecular formula is C8H15NO. The lowest BCUT2D eigenvalue weighted by Gasteiger charge is -2.14. The standard InChI is InChI=1S/C8H15NO/c1-4-8(5-6(8)2)9-7(3)10/h6H,4-5H2,1-3H3,(H,9,10). The van der Waals surface area contributed by atoms with Crippen LogP contribution in [0, 0.1) is 5.92 Å². The molecule has 2 nitrogen and oxygen atoms in total. The van der Waals surface area contributed by atoms with Crippen LogP contribution in [0.4, 0.5) is 0 Å². The number of hydrogen-bond donors (Lipinski definition) is 1. The van der Waals surface area contributed by atoms with Crippen molar-refractivity contribution in [3.8, 4) is 0 Å². The Bertz CT molecular complexity index is 151. The van der Waals surface area contributed by atoms with Crippen molar-refractivity contribution in [1.82, 2.24) is 5.32 Å². The first-order chi connectivity index (χ1) is 4.60. The third-order valence-corrected chi connectivity index (χ3v) is 2.51. The molecule has 1 saturated carbocycles. The van der Waals surface area contributed by atoms with Crippen molar-refractivity contribution in [2.24, 2.45) is 5.92 Å². The lowest BCUT2D eigenvalue weighted by molar-refractivity contribution is -0.120. The zero-order chi connectivity index (χ0) is 7.78. The molecule has 0 saturated heterocycles. The Hall–Kier alpha value is -0.530. The van der Waals surface area contributed by atoms with E-state index in [9.17, 15) is 4.79 Å². The molecule has 0 radical (unpaired) electrons. The van der Waals surface area contributed by atoms with Crippen molar-refractivity contribution in [3.63, 3.8) is 0 Å². The van der Waals surface area contributed by atoms with Gasteiger partial charge in [0.2, 0.25) is 5.91 Å². The summed E-state index contributed by atoms with van der Waals surface area (Å²) in [4.78, 5) is 10.7. The predicted octanol–water partition coefficient (Wildman–Crippen LogP) is 1.31. The van der Waals surface area contributed by atoms with Gasteiger partial charge in [-0.05, 0) is 18.8 Å². The third-order valence-electron chi connectivity index (χ3n) is 2.51. The minimum absolute atomic E-state index is 0.103. The molecule has 0 heterocycles. The van der Waals surface area contributed by atoms with Gasteiger partial charge in [0.1, 0.15) is 0 Å². The molecule has 10 heavy (non-hydrogen) atoms. The molecule has 1 rings (SSSR count). The van der Waals surface area contributed by atoms with E-state index >= 15 is 0 Å². The summed E-state index contributed by atoms with van der Waals surface area (Å²) in [6.45, 7) is 5.89. The Morgan fingerprint density at radius 1 is 1.80 bits per heavy atom. The van der Waals surface area contributed by atoms with E-state index < -0.39 is 0 Å². The molecule has 0 aliphatic heterocycles. The lowest BCUT2D eigenvalue weighted by atomic mass is 10.1. The van der Waals surface area contributed by atoms with Crippen LogP contribution in [0.3, 0.4) is 0 Å². The summed E-state index contributed by atoms with van der Waals surface area (Å²) in [5.74, 6) is 0.785. The van der Waals surface area contributed by atoms with Gasteiger partial charge in [0.15, 0.2) is 0 Å². The van der Waals surface area contributed by atoms with Gasteiger partial charge < -0.3 is 5.32 Å². The number of hydrogen-bond acceptors (Lipinski definition) is 1. The van der Waals surface area contributed by atoms with E-state index in [1.807, 2.05) is 0 Å². The molecule has 0 aromatic carbocycles. The first-order valence-corrected chi connectivity index (χ1v) is 3.89. The molecule has 1 amide bonds. The highest BCUT2D eigenvalue weighted by Crippen LogP contribution is 2.45. The van der Waals surface area contributed by atoms with E-state index in [-0.39, 0.29) is 11.4 Å². The second-order valence-corrected chi connectivity index (χ2v) is 3.30. The monoisotopic (exact) mass is 141 g/mol. The summed E-state index contributed by atoms with van der Waals surface area (Å²) in [6, 6.07) is 0. The van der Waals surface area contributed by atoms with E-state index in [0.29, 0.717) is 5.92 Å². The lowest BCUT2D eigenvalue weighted by Crippen LogP contribution is -2.36. The van der Waals surface area contributed by atoms with Crippen molar-refractivity contribution in [2.75, 3.05) is 0 Å². The zero-order valence-corrected chi connectivity index (χ0v) is 6.90. The molecule has 0 bridgehead atoms. The highest BCUT2D eigenvalue weighted by atomic mass is 16.1. The Labute approximate surface area is 62.0 Å². The second kappa shape index (κ2) is 2.26. The quantitative estimate of drug-likeness (QED) is 0.617. The summed E-state index contributed by atoms with van der Waals surface area (Å²) < 4.78 is 0. The minimum Gasteiger partial charge on any atom is -0.351 e. The van der Waals surface area contributed by atoms with E-state index in [1.165, 1.54) is 0 Å². The van der Waals surface area contributed by atoms with Gasteiger partial charge in [-0.3, -0.25) is 4.79 Å². The van der Waals surface area contributed by atoms with Crippen molar-refractivity contribution in [1.29, 1.82) is 0 Å². The van der Waals surface area contributed by atoms with Crippen LogP contribution in [-0.4, -0.2) is 11.4 Å². The smallest absolute Gasteiger partial charge is 0.217 e. The molecule has 1 fully saturated rings. The fraction of sp³-hybridized carbons (Fsp3) is 0.875. The zero-order valence-electron chi connectivity index (χ0n) is 6.90. The summed E-state index contributed by atoms with van der Waals surface area (Å²) >= 11 is 0. The number of carbonyl (C=O) groups is 1. The van der Waals surface area contributed by atoms with Gasteiger partial charge in [-0.15, -0.1) is 0 Å². The molecule has 0 aromatic rings. The Balaban J connectivity index is 2.45. The Kier molecular flexibility index (Phi) is 1.71. The van der Waals surface area contributed by atoms with Crippen molar-refractivity contribution in [2.45, 2.75) is 39.2 Å². The normalized spacial score (nSPS) is 37.3. The van der Waals surface area contributed by atoms with Crippen molar-refractivity contribution >= 4 is 5.91 Å². The van der Waals surface area contributed by atoms with Gasteiger partial charge >= 0.3 is 0 Å². The number of carbonyl (C=O) groups excluding carboxylic acids is 1. The van der Waals surface area contributed by atoms with Crippen LogP contribution in [0.15, 0.2) is 0 Å². The molecule has 0 aromatic heterocycles.